The van der Waals surface area contributed by atoms with Gasteiger partial charge in [-0.1, -0.05) is 0 Å². The van der Waals surface area contributed by atoms with Crippen molar-refractivity contribution in [3.8, 4) is 0 Å². The minimum absolute atomic E-state index is 0.657. The predicted molar refractivity (Wildman–Crippen MR) is 71.2 cm³/mol. The third-order valence-electron chi connectivity index (χ3n) is 2.90. The minimum atomic E-state index is -2.90. The second kappa shape index (κ2) is 6.85. The highest BCUT2D eigenvalue weighted by atomic mass is 32.2. The topological polar surface area (TPSA) is 59.1 Å². The van der Waals surface area contributed by atoms with E-state index in [0.29, 0.717) is 5.69 Å². The highest BCUT2D eigenvalue weighted by Gasteiger charge is 2.11. The third kappa shape index (κ3) is 4.46. The van der Waals surface area contributed by atoms with Crippen LogP contribution < -0.4 is 5.06 Å². The van der Waals surface area contributed by atoms with Gasteiger partial charge in [0.1, 0.15) is 0 Å². The maximum atomic E-state index is 10.5. The summed E-state index contributed by atoms with van der Waals surface area (Å²) >= 11 is 0. The number of benzene rings is 1. The van der Waals surface area contributed by atoms with Crippen LogP contribution in [0.2, 0.25) is 0 Å². The molecule has 0 atom stereocenters. The summed E-state index contributed by atoms with van der Waals surface area (Å²) in [5, 5.41) is 1.21. The Balaban J connectivity index is 2.01. The molecule has 0 bridgehead atoms. The first kappa shape index (κ1) is 14.3. The first-order chi connectivity index (χ1) is 9.15. The molecular weight excluding hydrogens is 268 g/mol. The summed E-state index contributed by atoms with van der Waals surface area (Å²) in [4.78, 5) is 2.28. The lowest BCUT2D eigenvalue weighted by Crippen LogP contribution is -2.35. The molecule has 1 aromatic rings. The molecule has 0 spiro atoms. The summed E-state index contributed by atoms with van der Waals surface area (Å²) in [5.41, 5.74) is 1.72. The van der Waals surface area contributed by atoms with Crippen LogP contribution in [0.25, 0.3) is 0 Å². The summed E-state index contributed by atoms with van der Waals surface area (Å²) in [6, 6.07) is 8.47. The van der Waals surface area contributed by atoms with E-state index >= 15 is 0 Å². The van der Waals surface area contributed by atoms with Gasteiger partial charge in [0.2, 0.25) is 0 Å². The van der Waals surface area contributed by atoms with Crippen molar-refractivity contribution in [3.63, 3.8) is 0 Å². The maximum absolute atomic E-state index is 10.5. The van der Waals surface area contributed by atoms with Crippen molar-refractivity contribution in [3.05, 3.63) is 29.8 Å². The van der Waals surface area contributed by atoms with Crippen LogP contribution in [0.1, 0.15) is 5.56 Å². The van der Waals surface area contributed by atoms with E-state index < -0.39 is 11.0 Å². The number of thiol groups is 1. The molecule has 1 radical (unpaired) electrons. The van der Waals surface area contributed by atoms with Crippen LogP contribution in [-0.4, -0.2) is 46.7 Å². The molecule has 1 fully saturated rings. The standard InChI is InChI=1S/C12H17N2O4S/c1-13(18-19(15)16)12-4-2-3-11(9-12)10-14-5-7-17-8-6-14/h3-4,9,19H,5-8,10H2,1H3. The number of rotatable bonds is 5. The van der Waals surface area contributed by atoms with Gasteiger partial charge in [0.05, 0.1) is 18.9 Å². The normalized spacial score (nSPS) is 16.7. The molecule has 0 aliphatic carbocycles. The molecule has 19 heavy (non-hydrogen) atoms. The van der Waals surface area contributed by atoms with Gasteiger partial charge in [0.15, 0.2) is 0 Å². The van der Waals surface area contributed by atoms with Crippen LogP contribution in [0.4, 0.5) is 5.69 Å². The van der Waals surface area contributed by atoms with Gasteiger partial charge in [-0.05, 0) is 29.8 Å². The molecule has 0 aromatic heterocycles. The zero-order valence-corrected chi connectivity index (χ0v) is 11.6. The lowest BCUT2D eigenvalue weighted by atomic mass is 10.2. The van der Waals surface area contributed by atoms with Crippen LogP contribution >= 0.6 is 0 Å². The van der Waals surface area contributed by atoms with Crippen LogP contribution in [0, 0.1) is 6.07 Å². The molecule has 1 aliphatic heterocycles. The number of nitrogens with zero attached hydrogens (tertiary/aromatic N) is 2. The van der Waals surface area contributed by atoms with Crippen LogP contribution in [0.3, 0.4) is 0 Å². The van der Waals surface area contributed by atoms with Crippen molar-refractivity contribution in [1.29, 1.82) is 0 Å². The third-order valence-corrected chi connectivity index (χ3v) is 3.27. The Hall–Kier alpha value is -1.15. The second-order valence-electron chi connectivity index (χ2n) is 4.29. The summed E-state index contributed by atoms with van der Waals surface area (Å²) in [6.45, 7) is 4.11. The van der Waals surface area contributed by atoms with E-state index in [4.69, 9.17) is 4.74 Å². The van der Waals surface area contributed by atoms with Gasteiger partial charge in [-0.3, -0.25) is 4.90 Å². The summed E-state index contributed by atoms with van der Waals surface area (Å²) < 4.78 is 31.0. The van der Waals surface area contributed by atoms with Gasteiger partial charge in [0, 0.05) is 26.7 Å². The Morgan fingerprint density at radius 3 is 2.84 bits per heavy atom. The molecule has 0 saturated carbocycles. The molecule has 1 saturated heterocycles. The lowest BCUT2D eigenvalue weighted by Gasteiger charge is -2.26. The molecule has 105 valence electrons. The molecule has 7 heteroatoms. The van der Waals surface area contributed by atoms with Crippen molar-refractivity contribution in [1.82, 2.24) is 4.90 Å². The second-order valence-corrected chi connectivity index (χ2v) is 4.90. The van der Waals surface area contributed by atoms with E-state index in [-0.39, 0.29) is 0 Å². The Bertz CT molecular complexity index is 478. The number of hydrogen-bond acceptors (Lipinski definition) is 6. The average molecular weight is 285 g/mol. The van der Waals surface area contributed by atoms with E-state index in [2.05, 4.69) is 15.3 Å². The SMILES string of the molecule is CN(O[SH](=O)=O)c1c[c]cc(CN2CCOCC2)c1. The molecule has 1 aromatic carbocycles. The van der Waals surface area contributed by atoms with Crippen molar-refractivity contribution >= 4 is 16.7 Å². The summed E-state index contributed by atoms with van der Waals surface area (Å²) in [7, 11) is -1.36. The molecule has 0 unspecified atom stereocenters. The smallest absolute Gasteiger partial charge is 0.277 e. The van der Waals surface area contributed by atoms with Crippen LogP contribution in [-0.2, 0) is 26.6 Å². The highest BCUT2D eigenvalue weighted by Crippen LogP contribution is 2.16. The fraction of sp³-hybridized carbons (Fsp3) is 0.500. The fourth-order valence-electron chi connectivity index (χ4n) is 1.95. The van der Waals surface area contributed by atoms with Crippen molar-refractivity contribution in [2.45, 2.75) is 6.54 Å². The summed E-state index contributed by atoms with van der Waals surface area (Å²) in [5.74, 6) is 0. The quantitative estimate of drug-likeness (QED) is 0.617. The zero-order valence-electron chi connectivity index (χ0n) is 10.7. The van der Waals surface area contributed by atoms with Gasteiger partial charge >= 0.3 is 0 Å². The number of hydrogen-bond donors (Lipinski definition) is 1. The minimum Gasteiger partial charge on any atom is -0.379 e. The van der Waals surface area contributed by atoms with Gasteiger partial charge < -0.3 is 4.74 Å². The molecular formula is C12H17N2O4S. The van der Waals surface area contributed by atoms with Gasteiger partial charge in [-0.2, -0.15) is 4.28 Å². The monoisotopic (exact) mass is 285 g/mol. The number of morpholine rings is 1. The first-order valence-corrected chi connectivity index (χ1v) is 7.11. The first-order valence-electron chi connectivity index (χ1n) is 6.01. The Morgan fingerprint density at radius 1 is 1.42 bits per heavy atom. The predicted octanol–water partition coefficient (Wildman–Crippen LogP) is 0.213. The Morgan fingerprint density at radius 2 is 2.16 bits per heavy atom. The van der Waals surface area contributed by atoms with E-state index in [1.807, 2.05) is 12.1 Å². The van der Waals surface area contributed by atoms with E-state index in [1.165, 1.54) is 5.06 Å². The number of anilines is 1. The average Bonchev–Trinajstić information content (AvgIpc) is 2.39. The van der Waals surface area contributed by atoms with Crippen LogP contribution in [0.5, 0.6) is 0 Å². The van der Waals surface area contributed by atoms with Gasteiger partial charge in [-0.15, -0.1) is 0 Å². The van der Waals surface area contributed by atoms with Crippen molar-refractivity contribution < 1.29 is 17.4 Å². The number of hydroxylamine groups is 1. The van der Waals surface area contributed by atoms with Gasteiger partial charge in [0.25, 0.3) is 11.0 Å². The molecule has 0 amide bonds. The zero-order chi connectivity index (χ0) is 13.7. The van der Waals surface area contributed by atoms with E-state index in [1.54, 1.807) is 13.1 Å². The van der Waals surface area contributed by atoms with Crippen LogP contribution in [0.15, 0.2) is 18.2 Å². The van der Waals surface area contributed by atoms with Gasteiger partial charge in [-0.25, -0.2) is 13.5 Å². The Labute approximate surface area is 114 Å². The van der Waals surface area contributed by atoms with E-state index in [0.717, 1.165) is 38.4 Å². The molecule has 0 N–H and O–H groups in total. The number of ether oxygens (including phenoxy) is 1. The van der Waals surface area contributed by atoms with Crippen molar-refractivity contribution in [2.75, 3.05) is 38.4 Å². The fourth-order valence-corrected chi connectivity index (χ4v) is 2.24. The van der Waals surface area contributed by atoms with Crippen molar-refractivity contribution in [2.24, 2.45) is 0 Å². The summed E-state index contributed by atoms with van der Waals surface area (Å²) in [6.07, 6.45) is 0. The Kier molecular flexibility index (Phi) is 5.15. The molecule has 6 nitrogen and oxygen atoms in total. The largest absolute Gasteiger partial charge is 0.379 e. The molecule has 1 heterocycles. The molecule has 2 rings (SSSR count). The molecule has 1 aliphatic rings. The van der Waals surface area contributed by atoms with E-state index in [9.17, 15) is 8.42 Å². The lowest BCUT2D eigenvalue weighted by molar-refractivity contribution is 0.0342. The maximum Gasteiger partial charge on any atom is 0.277 e. The highest BCUT2D eigenvalue weighted by molar-refractivity contribution is 7.67.